The van der Waals surface area contributed by atoms with Crippen LogP contribution in [0.5, 0.6) is 0 Å². The maximum atomic E-state index is 8.76. The molecule has 0 spiro atoms. The Labute approximate surface area is 182 Å². The molecule has 3 heterocycles. The highest BCUT2D eigenvalue weighted by molar-refractivity contribution is 6.08. The van der Waals surface area contributed by atoms with Crippen LogP contribution in [-0.4, -0.2) is 4.98 Å². The molecular formula is C27H33N2O+. The van der Waals surface area contributed by atoms with Gasteiger partial charge < -0.3 is 4.42 Å². The average Bonchev–Trinajstić information content (AvgIpc) is 3.06. The van der Waals surface area contributed by atoms with Crippen LogP contribution < -0.4 is 4.57 Å². The Morgan fingerprint density at radius 1 is 1.07 bits per heavy atom. The molecular weight excluding hydrogens is 368 g/mol. The molecule has 30 heavy (non-hydrogen) atoms. The Hall–Kier alpha value is -2.68. The Morgan fingerprint density at radius 2 is 1.77 bits per heavy atom. The fourth-order valence-electron chi connectivity index (χ4n) is 4.01. The first kappa shape index (κ1) is 18.1. The molecule has 0 saturated heterocycles. The summed E-state index contributed by atoms with van der Waals surface area (Å²) in [5.74, 6) is 0.333. The van der Waals surface area contributed by atoms with Crippen molar-refractivity contribution in [2.45, 2.75) is 60.8 Å². The number of pyridine rings is 2. The van der Waals surface area contributed by atoms with Crippen molar-refractivity contribution in [3.05, 3.63) is 58.9 Å². The minimum atomic E-state index is -1.45. The fraction of sp³-hybridized carbons (Fsp3) is 0.407. The van der Waals surface area contributed by atoms with Crippen molar-refractivity contribution >= 4 is 22.1 Å². The van der Waals surface area contributed by atoms with Gasteiger partial charge in [0.05, 0.1) is 5.56 Å². The zero-order valence-electron chi connectivity index (χ0n) is 21.3. The molecule has 0 radical (unpaired) electrons. The second kappa shape index (κ2) is 7.23. The van der Waals surface area contributed by atoms with E-state index in [0.717, 1.165) is 44.4 Å². The Kier molecular flexibility index (Phi) is 4.36. The lowest BCUT2D eigenvalue weighted by molar-refractivity contribution is -0.660. The standard InChI is InChI=1S/C27H33N2O/c1-16(2)22-12-11-21-20-10-9-17(3)24(25(20)30-26(21)28-22)23-13-18(4)19(15-29(23)8)14-27(5,6)7/h9-13,15-16H,14H2,1-8H3/q+1/i14D2. The van der Waals surface area contributed by atoms with E-state index in [1.54, 1.807) is 0 Å². The molecule has 3 aromatic heterocycles. The van der Waals surface area contributed by atoms with E-state index >= 15 is 0 Å². The van der Waals surface area contributed by atoms with Crippen LogP contribution in [0.3, 0.4) is 0 Å². The van der Waals surface area contributed by atoms with E-state index in [2.05, 4.69) is 51.1 Å². The van der Waals surface area contributed by atoms with Gasteiger partial charge in [0.2, 0.25) is 11.4 Å². The van der Waals surface area contributed by atoms with Gasteiger partial charge in [0.1, 0.15) is 7.05 Å². The molecule has 0 aliphatic rings. The molecule has 0 atom stereocenters. The second-order valence-electron chi connectivity index (χ2n) is 9.72. The number of hydrogen-bond donors (Lipinski definition) is 0. The van der Waals surface area contributed by atoms with Crippen LogP contribution in [0.15, 0.2) is 40.9 Å². The lowest BCUT2D eigenvalue weighted by Gasteiger charge is -2.19. The fourth-order valence-corrected chi connectivity index (χ4v) is 4.01. The van der Waals surface area contributed by atoms with Gasteiger partial charge in [-0.3, -0.25) is 0 Å². The van der Waals surface area contributed by atoms with Crippen LogP contribution in [0.1, 0.15) is 65.7 Å². The number of aryl methyl sites for hydroxylation is 3. The molecule has 0 N–H and O–H groups in total. The molecule has 0 unspecified atom stereocenters. The normalized spacial score (nSPS) is 13.9. The number of aromatic nitrogens is 2. The number of benzene rings is 1. The van der Waals surface area contributed by atoms with E-state index in [1.165, 1.54) is 0 Å². The van der Waals surface area contributed by atoms with Crippen molar-refractivity contribution < 1.29 is 11.7 Å². The highest BCUT2D eigenvalue weighted by Crippen LogP contribution is 2.37. The third-order valence-electron chi connectivity index (χ3n) is 5.57. The maximum Gasteiger partial charge on any atom is 0.227 e. The Balaban J connectivity index is 1.98. The van der Waals surface area contributed by atoms with Crippen LogP contribution in [-0.2, 0) is 13.4 Å². The van der Waals surface area contributed by atoms with Crippen molar-refractivity contribution in [3.8, 4) is 11.3 Å². The van der Waals surface area contributed by atoms with Crippen LogP contribution in [0.25, 0.3) is 33.3 Å². The average molecular weight is 404 g/mol. The summed E-state index contributed by atoms with van der Waals surface area (Å²) in [6, 6.07) is 10.5. The number of fused-ring (bicyclic) bond motifs is 3. The second-order valence-corrected chi connectivity index (χ2v) is 9.72. The highest BCUT2D eigenvalue weighted by Gasteiger charge is 2.24. The number of furan rings is 1. The predicted octanol–water partition coefficient (Wildman–Crippen LogP) is 6.80. The van der Waals surface area contributed by atoms with Gasteiger partial charge in [0, 0.05) is 30.8 Å². The van der Waals surface area contributed by atoms with Crippen molar-refractivity contribution in [1.82, 2.24) is 4.98 Å². The summed E-state index contributed by atoms with van der Waals surface area (Å²) in [4.78, 5) is 4.77. The zero-order chi connectivity index (χ0) is 23.6. The smallest absolute Gasteiger partial charge is 0.227 e. The van der Waals surface area contributed by atoms with E-state index in [0.29, 0.717) is 17.2 Å². The minimum absolute atomic E-state index is 0.333. The summed E-state index contributed by atoms with van der Waals surface area (Å²) in [6.45, 7) is 14.2. The summed E-state index contributed by atoms with van der Waals surface area (Å²) in [6.07, 6.45) is 0.483. The van der Waals surface area contributed by atoms with E-state index in [1.807, 2.05) is 45.5 Å². The van der Waals surface area contributed by atoms with Gasteiger partial charge in [-0.1, -0.05) is 46.8 Å². The van der Waals surface area contributed by atoms with Gasteiger partial charge in [0.25, 0.3) is 0 Å². The van der Waals surface area contributed by atoms with E-state index in [9.17, 15) is 0 Å². The third kappa shape index (κ3) is 3.62. The number of rotatable bonds is 3. The lowest BCUT2D eigenvalue weighted by Crippen LogP contribution is -2.32. The van der Waals surface area contributed by atoms with Crippen LogP contribution >= 0.6 is 0 Å². The SMILES string of the molecule is [2H]C([2H])(c1c[n+](C)c(-c2c(C)ccc3c2oc2nc(C(C)C)ccc23)cc1C)C(C)(C)C. The maximum absolute atomic E-state index is 8.76. The van der Waals surface area contributed by atoms with Crippen molar-refractivity contribution in [1.29, 1.82) is 0 Å². The van der Waals surface area contributed by atoms with Gasteiger partial charge in [-0.25, -0.2) is 9.55 Å². The minimum Gasteiger partial charge on any atom is -0.437 e. The molecule has 4 aromatic rings. The summed E-state index contributed by atoms with van der Waals surface area (Å²) in [5, 5.41) is 2.07. The molecule has 3 nitrogen and oxygen atoms in total. The molecule has 0 aliphatic carbocycles. The molecule has 4 rings (SSSR count). The number of hydrogen-bond acceptors (Lipinski definition) is 2. The summed E-state index contributed by atoms with van der Waals surface area (Å²) >= 11 is 0. The third-order valence-corrected chi connectivity index (χ3v) is 5.57. The Bertz CT molecular complexity index is 1340. The quantitative estimate of drug-likeness (QED) is 0.352. The molecule has 156 valence electrons. The summed E-state index contributed by atoms with van der Waals surface area (Å²) in [7, 11) is 1.98. The first-order valence-electron chi connectivity index (χ1n) is 11.7. The van der Waals surface area contributed by atoms with Gasteiger partial charge in [-0.15, -0.1) is 0 Å². The van der Waals surface area contributed by atoms with Gasteiger partial charge in [-0.2, -0.15) is 0 Å². The molecule has 0 amide bonds. The monoisotopic (exact) mass is 403 g/mol. The molecule has 0 saturated carbocycles. The topological polar surface area (TPSA) is 29.9 Å². The van der Waals surface area contributed by atoms with Gasteiger partial charge in [-0.05, 0) is 54.8 Å². The first-order chi connectivity index (χ1) is 14.8. The molecule has 3 heteroatoms. The van der Waals surface area contributed by atoms with E-state index in [-0.39, 0.29) is 0 Å². The predicted molar refractivity (Wildman–Crippen MR) is 125 cm³/mol. The summed E-state index contributed by atoms with van der Waals surface area (Å²) < 4.78 is 25.9. The van der Waals surface area contributed by atoms with Crippen molar-refractivity contribution in [3.63, 3.8) is 0 Å². The van der Waals surface area contributed by atoms with Crippen LogP contribution in [0, 0.1) is 19.3 Å². The molecule has 0 bridgehead atoms. The van der Waals surface area contributed by atoms with Crippen LogP contribution in [0.4, 0.5) is 0 Å². The molecule has 0 fully saturated rings. The Morgan fingerprint density at radius 3 is 2.43 bits per heavy atom. The van der Waals surface area contributed by atoms with E-state index in [4.69, 9.17) is 12.1 Å². The van der Waals surface area contributed by atoms with Crippen molar-refractivity contribution in [2.24, 2.45) is 12.5 Å². The van der Waals surface area contributed by atoms with Crippen molar-refractivity contribution in [2.75, 3.05) is 0 Å². The summed E-state index contributed by atoms with van der Waals surface area (Å²) in [5.41, 5.74) is 6.79. The van der Waals surface area contributed by atoms with Gasteiger partial charge >= 0.3 is 0 Å². The van der Waals surface area contributed by atoms with Crippen LogP contribution in [0.2, 0.25) is 0 Å². The zero-order valence-corrected chi connectivity index (χ0v) is 19.3. The molecule has 0 aliphatic heterocycles. The van der Waals surface area contributed by atoms with Gasteiger partial charge in [0.15, 0.2) is 11.8 Å². The largest absolute Gasteiger partial charge is 0.437 e. The number of nitrogens with zero attached hydrogens (tertiary/aromatic N) is 2. The van der Waals surface area contributed by atoms with E-state index < -0.39 is 11.8 Å². The first-order valence-corrected chi connectivity index (χ1v) is 10.7. The lowest BCUT2D eigenvalue weighted by atomic mass is 9.86. The highest BCUT2D eigenvalue weighted by atomic mass is 16.3. The molecule has 1 aromatic carbocycles.